The maximum atomic E-state index is 12.5. The Morgan fingerprint density at radius 3 is 2.75 bits per heavy atom. The fraction of sp³-hybridized carbons (Fsp3) is 0.333. The molecule has 1 aromatic carbocycles. The number of phenolic OH excluding ortho intramolecular Hbond substituents is 1. The summed E-state index contributed by atoms with van der Waals surface area (Å²) in [7, 11) is 0. The molecule has 0 atom stereocenters. The van der Waals surface area contributed by atoms with Crippen molar-refractivity contribution in [1.29, 1.82) is 0 Å². The Balaban J connectivity index is 2.72. The lowest BCUT2D eigenvalue weighted by Gasteiger charge is -2.02. The van der Waals surface area contributed by atoms with Gasteiger partial charge in [-0.15, -0.1) is 0 Å². The lowest BCUT2D eigenvalue weighted by atomic mass is 10.1. The van der Waals surface area contributed by atoms with E-state index in [1.54, 1.807) is 6.07 Å². The number of aryl methyl sites for hydroxylation is 1. The molecule has 0 bridgehead atoms. The molecule has 0 radical (unpaired) electrons. The number of hydrogen-bond acceptors (Lipinski definition) is 2. The molecule has 0 spiro atoms. The van der Waals surface area contributed by atoms with Crippen molar-refractivity contribution in [2.75, 3.05) is 6.54 Å². The molecule has 0 fully saturated rings. The van der Waals surface area contributed by atoms with Crippen molar-refractivity contribution in [3.05, 3.63) is 29.6 Å². The van der Waals surface area contributed by atoms with Crippen molar-refractivity contribution in [2.24, 2.45) is 5.73 Å². The third kappa shape index (κ3) is 2.20. The van der Waals surface area contributed by atoms with E-state index in [4.69, 9.17) is 5.73 Å². The van der Waals surface area contributed by atoms with Crippen molar-refractivity contribution < 1.29 is 9.50 Å². The first-order valence-electron chi connectivity index (χ1n) is 3.91. The second-order valence-electron chi connectivity index (χ2n) is 2.67. The predicted molar refractivity (Wildman–Crippen MR) is 45.4 cm³/mol. The van der Waals surface area contributed by atoms with Gasteiger partial charge in [-0.2, -0.15) is 0 Å². The Hall–Kier alpha value is -1.09. The second kappa shape index (κ2) is 4.07. The maximum Gasteiger partial charge on any atom is 0.126 e. The van der Waals surface area contributed by atoms with Crippen LogP contribution in [0.3, 0.4) is 0 Å². The minimum atomic E-state index is -0.413. The van der Waals surface area contributed by atoms with Crippen LogP contribution in [-0.4, -0.2) is 11.7 Å². The standard InChI is InChI=1S/C9H12FNO/c10-8-4-3-7(2-1-5-11)9(12)6-8/h3-4,6,12H,1-2,5,11H2. The largest absolute Gasteiger partial charge is 0.508 e. The fourth-order valence-corrected chi connectivity index (χ4v) is 1.04. The summed E-state index contributed by atoms with van der Waals surface area (Å²) in [6.07, 6.45) is 1.50. The molecule has 0 aliphatic carbocycles. The molecule has 12 heavy (non-hydrogen) atoms. The molecular formula is C9H12FNO. The lowest BCUT2D eigenvalue weighted by Crippen LogP contribution is -2.00. The molecule has 0 saturated carbocycles. The van der Waals surface area contributed by atoms with Crippen molar-refractivity contribution in [3.8, 4) is 5.75 Å². The number of benzene rings is 1. The zero-order valence-electron chi connectivity index (χ0n) is 6.76. The number of aromatic hydroxyl groups is 1. The molecule has 3 heteroatoms. The highest BCUT2D eigenvalue weighted by molar-refractivity contribution is 5.32. The van der Waals surface area contributed by atoms with Crippen molar-refractivity contribution in [2.45, 2.75) is 12.8 Å². The minimum Gasteiger partial charge on any atom is -0.508 e. The van der Waals surface area contributed by atoms with Gasteiger partial charge in [0, 0.05) is 6.07 Å². The van der Waals surface area contributed by atoms with Gasteiger partial charge in [0.25, 0.3) is 0 Å². The minimum absolute atomic E-state index is 0.0171. The first-order chi connectivity index (χ1) is 5.74. The smallest absolute Gasteiger partial charge is 0.126 e. The van der Waals surface area contributed by atoms with Crippen LogP contribution in [0.1, 0.15) is 12.0 Å². The highest BCUT2D eigenvalue weighted by Gasteiger charge is 2.00. The maximum absolute atomic E-state index is 12.5. The van der Waals surface area contributed by atoms with E-state index in [1.807, 2.05) is 0 Å². The van der Waals surface area contributed by atoms with E-state index in [-0.39, 0.29) is 5.75 Å². The van der Waals surface area contributed by atoms with Crippen LogP contribution in [-0.2, 0) is 6.42 Å². The van der Waals surface area contributed by atoms with E-state index in [0.29, 0.717) is 13.0 Å². The third-order valence-corrected chi connectivity index (χ3v) is 1.70. The van der Waals surface area contributed by atoms with Gasteiger partial charge in [0.15, 0.2) is 0 Å². The van der Waals surface area contributed by atoms with Crippen LogP contribution >= 0.6 is 0 Å². The fourth-order valence-electron chi connectivity index (χ4n) is 1.04. The second-order valence-corrected chi connectivity index (χ2v) is 2.67. The van der Waals surface area contributed by atoms with Gasteiger partial charge < -0.3 is 10.8 Å². The molecule has 0 heterocycles. The van der Waals surface area contributed by atoms with Gasteiger partial charge in [0.2, 0.25) is 0 Å². The summed E-state index contributed by atoms with van der Waals surface area (Å²) in [6.45, 7) is 0.580. The summed E-state index contributed by atoms with van der Waals surface area (Å²) < 4.78 is 12.5. The van der Waals surface area contributed by atoms with E-state index < -0.39 is 5.82 Å². The summed E-state index contributed by atoms with van der Waals surface area (Å²) in [6, 6.07) is 4.04. The third-order valence-electron chi connectivity index (χ3n) is 1.70. The SMILES string of the molecule is NCCCc1ccc(F)cc1O. The molecule has 1 rings (SSSR count). The first-order valence-corrected chi connectivity index (χ1v) is 3.91. The van der Waals surface area contributed by atoms with Gasteiger partial charge >= 0.3 is 0 Å². The molecule has 0 aromatic heterocycles. The molecule has 2 nitrogen and oxygen atoms in total. The van der Waals surface area contributed by atoms with Crippen LogP contribution in [0.15, 0.2) is 18.2 Å². The normalized spacial score (nSPS) is 10.2. The summed E-state index contributed by atoms with van der Waals surface area (Å²) >= 11 is 0. The number of nitrogens with two attached hydrogens (primary N) is 1. The summed E-state index contributed by atoms with van der Waals surface area (Å²) in [5, 5.41) is 9.24. The molecule has 0 saturated heterocycles. The molecule has 0 aliphatic rings. The van der Waals surface area contributed by atoms with E-state index in [0.717, 1.165) is 18.1 Å². The number of phenols is 1. The summed E-state index contributed by atoms with van der Waals surface area (Å²) in [4.78, 5) is 0. The van der Waals surface area contributed by atoms with Gasteiger partial charge in [-0.3, -0.25) is 0 Å². The van der Waals surface area contributed by atoms with E-state index in [2.05, 4.69) is 0 Å². The number of rotatable bonds is 3. The Morgan fingerprint density at radius 1 is 1.42 bits per heavy atom. The Bertz CT molecular complexity index is 263. The van der Waals surface area contributed by atoms with E-state index in [9.17, 15) is 9.50 Å². The molecule has 66 valence electrons. The molecule has 0 aliphatic heterocycles. The molecular weight excluding hydrogens is 157 g/mol. The van der Waals surface area contributed by atoms with Gasteiger partial charge in [0.05, 0.1) is 0 Å². The quantitative estimate of drug-likeness (QED) is 0.718. The van der Waals surface area contributed by atoms with Gasteiger partial charge in [-0.1, -0.05) is 6.07 Å². The molecule has 3 N–H and O–H groups in total. The van der Waals surface area contributed by atoms with Crippen LogP contribution in [0.4, 0.5) is 4.39 Å². The Morgan fingerprint density at radius 2 is 2.17 bits per heavy atom. The van der Waals surface area contributed by atoms with E-state index >= 15 is 0 Å². The van der Waals surface area contributed by atoms with E-state index in [1.165, 1.54) is 6.07 Å². The van der Waals surface area contributed by atoms with Crippen LogP contribution in [0.5, 0.6) is 5.75 Å². The van der Waals surface area contributed by atoms with Crippen LogP contribution in [0.25, 0.3) is 0 Å². The molecule has 0 unspecified atom stereocenters. The predicted octanol–water partition coefficient (Wildman–Crippen LogP) is 1.42. The average molecular weight is 169 g/mol. The van der Waals surface area contributed by atoms with Crippen molar-refractivity contribution in [3.63, 3.8) is 0 Å². The Labute approximate surface area is 70.8 Å². The first kappa shape index (κ1) is 9.00. The Kier molecular flexibility index (Phi) is 3.05. The van der Waals surface area contributed by atoms with Crippen LogP contribution < -0.4 is 5.73 Å². The summed E-state index contributed by atoms with van der Waals surface area (Å²) in [5.74, 6) is -0.396. The average Bonchev–Trinajstić information content (AvgIpc) is 2.03. The monoisotopic (exact) mass is 169 g/mol. The number of halogens is 1. The zero-order chi connectivity index (χ0) is 8.97. The lowest BCUT2D eigenvalue weighted by molar-refractivity contribution is 0.461. The molecule has 0 amide bonds. The van der Waals surface area contributed by atoms with Gasteiger partial charge in [-0.05, 0) is 31.0 Å². The highest BCUT2D eigenvalue weighted by Crippen LogP contribution is 2.18. The zero-order valence-corrected chi connectivity index (χ0v) is 6.76. The van der Waals surface area contributed by atoms with Crippen LogP contribution in [0, 0.1) is 5.82 Å². The van der Waals surface area contributed by atoms with Gasteiger partial charge in [0.1, 0.15) is 11.6 Å². The number of hydrogen-bond donors (Lipinski definition) is 2. The topological polar surface area (TPSA) is 46.2 Å². The summed E-state index contributed by atoms with van der Waals surface area (Å²) in [5.41, 5.74) is 6.05. The van der Waals surface area contributed by atoms with Crippen LogP contribution in [0.2, 0.25) is 0 Å². The van der Waals surface area contributed by atoms with Gasteiger partial charge in [-0.25, -0.2) is 4.39 Å². The molecule has 1 aromatic rings. The highest BCUT2D eigenvalue weighted by atomic mass is 19.1. The van der Waals surface area contributed by atoms with Crippen molar-refractivity contribution >= 4 is 0 Å². The van der Waals surface area contributed by atoms with Crippen molar-refractivity contribution in [1.82, 2.24) is 0 Å².